The molecule has 1 aliphatic rings. The van der Waals surface area contributed by atoms with E-state index in [9.17, 15) is 4.79 Å². The summed E-state index contributed by atoms with van der Waals surface area (Å²) in [6.07, 6.45) is 0.981. The Kier molecular flexibility index (Phi) is 2.11. The van der Waals surface area contributed by atoms with E-state index in [0.717, 1.165) is 12.8 Å². The summed E-state index contributed by atoms with van der Waals surface area (Å²) in [6, 6.07) is 0.0162. The summed E-state index contributed by atoms with van der Waals surface area (Å²) < 4.78 is 4.97. The highest BCUT2D eigenvalue weighted by Gasteiger charge is 2.31. The zero-order chi connectivity index (χ0) is 7.56. The van der Waals surface area contributed by atoms with Crippen molar-refractivity contribution in [3.63, 3.8) is 0 Å². The maximum Gasteiger partial charge on any atom is 0.404 e. The fraction of sp³-hybridized carbons (Fsp3) is 0.833. The van der Waals surface area contributed by atoms with E-state index in [1.165, 1.54) is 0 Å². The predicted octanol–water partition coefficient (Wildman–Crippen LogP) is 0.431. The second kappa shape index (κ2) is 2.88. The van der Waals surface area contributed by atoms with Crippen LogP contribution in [-0.4, -0.2) is 30.5 Å². The minimum Gasteiger partial charge on any atom is -0.465 e. The lowest BCUT2D eigenvalue weighted by Gasteiger charge is -2.34. The number of hydrogen-bond acceptors (Lipinski definition) is 2. The molecule has 1 saturated carbocycles. The molecule has 0 heterocycles. The van der Waals surface area contributed by atoms with Gasteiger partial charge in [-0.25, -0.2) is 4.79 Å². The summed E-state index contributed by atoms with van der Waals surface area (Å²) in [6.45, 7) is 0. The van der Waals surface area contributed by atoms with Crippen LogP contribution in [0.2, 0.25) is 0 Å². The molecule has 4 heteroatoms. The number of rotatable bonds is 2. The van der Waals surface area contributed by atoms with Gasteiger partial charge in [0.15, 0.2) is 0 Å². The lowest BCUT2D eigenvalue weighted by molar-refractivity contribution is 0.00808. The van der Waals surface area contributed by atoms with Gasteiger partial charge in [0.25, 0.3) is 0 Å². The topological polar surface area (TPSA) is 58.6 Å². The molecule has 0 aromatic rings. The first-order valence-corrected chi connectivity index (χ1v) is 3.26. The molecule has 0 unspecified atom stereocenters. The van der Waals surface area contributed by atoms with E-state index in [1.54, 1.807) is 7.11 Å². The van der Waals surface area contributed by atoms with Crippen molar-refractivity contribution in [2.45, 2.75) is 25.0 Å². The van der Waals surface area contributed by atoms with Crippen LogP contribution in [-0.2, 0) is 4.74 Å². The van der Waals surface area contributed by atoms with Crippen LogP contribution in [0.5, 0.6) is 0 Å². The summed E-state index contributed by atoms with van der Waals surface area (Å²) in [5, 5.41) is 10.7. The van der Waals surface area contributed by atoms with Crippen LogP contribution in [0.4, 0.5) is 4.79 Å². The summed E-state index contributed by atoms with van der Waals surface area (Å²) >= 11 is 0. The zero-order valence-corrected chi connectivity index (χ0v) is 5.83. The number of nitrogens with one attached hydrogen (secondary N) is 1. The molecule has 58 valence electrons. The first kappa shape index (κ1) is 7.34. The average molecular weight is 145 g/mol. The van der Waals surface area contributed by atoms with Crippen molar-refractivity contribution in [2.24, 2.45) is 0 Å². The van der Waals surface area contributed by atoms with Gasteiger partial charge in [0, 0.05) is 7.11 Å². The molecular weight excluding hydrogens is 134 g/mol. The Morgan fingerprint density at radius 3 is 2.70 bits per heavy atom. The van der Waals surface area contributed by atoms with Gasteiger partial charge in [-0.3, -0.25) is 0 Å². The highest BCUT2D eigenvalue weighted by atomic mass is 16.5. The van der Waals surface area contributed by atoms with Crippen molar-refractivity contribution in [3.8, 4) is 0 Å². The summed E-state index contributed by atoms with van der Waals surface area (Å²) in [7, 11) is 1.60. The molecule has 2 atom stereocenters. The van der Waals surface area contributed by atoms with Gasteiger partial charge in [-0.15, -0.1) is 0 Å². The molecule has 10 heavy (non-hydrogen) atoms. The van der Waals surface area contributed by atoms with Crippen LogP contribution in [0.25, 0.3) is 0 Å². The minimum atomic E-state index is -0.966. The molecule has 0 aromatic carbocycles. The van der Waals surface area contributed by atoms with Gasteiger partial charge in [-0.05, 0) is 12.8 Å². The third-order valence-corrected chi connectivity index (χ3v) is 1.82. The Morgan fingerprint density at radius 2 is 2.40 bits per heavy atom. The van der Waals surface area contributed by atoms with Crippen LogP contribution in [0.3, 0.4) is 0 Å². The normalized spacial score (nSPS) is 30.9. The first-order valence-electron chi connectivity index (χ1n) is 3.26. The van der Waals surface area contributed by atoms with E-state index in [1.807, 2.05) is 0 Å². The van der Waals surface area contributed by atoms with Crippen molar-refractivity contribution in [1.82, 2.24) is 5.32 Å². The molecule has 0 aromatic heterocycles. The Bertz CT molecular complexity index is 135. The van der Waals surface area contributed by atoms with Gasteiger partial charge in [0.05, 0.1) is 12.1 Å². The zero-order valence-electron chi connectivity index (χ0n) is 5.83. The van der Waals surface area contributed by atoms with Gasteiger partial charge in [-0.2, -0.15) is 0 Å². The Balaban J connectivity index is 2.23. The summed E-state index contributed by atoms with van der Waals surface area (Å²) in [5.74, 6) is 0. The minimum absolute atomic E-state index is 0.0162. The standard InChI is InChI=1S/C6H11NO3/c1-10-5-3-2-4(5)7-6(8)9/h4-5,7H,2-3H2,1H3,(H,8,9)/t4-,5-/m0/s1. The maximum atomic E-state index is 10.1. The van der Waals surface area contributed by atoms with Crippen molar-refractivity contribution in [2.75, 3.05) is 7.11 Å². The van der Waals surface area contributed by atoms with Gasteiger partial charge in [-0.1, -0.05) is 0 Å². The van der Waals surface area contributed by atoms with Crippen LogP contribution in [0.15, 0.2) is 0 Å². The largest absolute Gasteiger partial charge is 0.465 e. The predicted molar refractivity (Wildman–Crippen MR) is 35.0 cm³/mol. The van der Waals surface area contributed by atoms with Crippen molar-refractivity contribution < 1.29 is 14.6 Å². The molecule has 0 aliphatic heterocycles. The van der Waals surface area contributed by atoms with Crippen molar-refractivity contribution >= 4 is 6.09 Å². The number of carbonyl (C=O) groups is 1. The van der Waals surface area contributed by atoms with E-state index in [0.29, 0.717) is 0 Å². The van der Waals surface area contributed by atoms with Crippen LogP contribution in [0.1, 0.15) is 12.8 Å². The van der Waals surface area contributed by atoms with E-state index in [4.69, 9.17) is 9.84 Å². The second-order valence-electron chi connectivity index (χ2n) is 2.41. The molecule has 0 saturated heterocycles. The van der Waals surface area contributed by atoms with E-state index in [-0.39, 0.29) is 12.1 Å². The summed E-state index contributed by atoms with van der Waals surface area (Å²) in [4.78, 5) is 10.1. The quantitative estimate of drug-likeness (QED) is 0.592. The lowest BCUT2D eigenvalue weighted by Crippen LogP contribution is -2.50. The number of amides is 1. The highest BCUT2D eigenvalue weighted by Crippen LogP contribution is 2.22. The van der Waals surface area contributed by atoms with E-state index < -0.39 is 6.09 Å². The number of methoxy groups -OCH3 is 1. The SMILES string of the molecule is CO[C@H]1CC[C@@H]1NC(=O)O. The monoisotopic (exact) mass is 145 g/mol. The van der Waals surface area contributed by atoms with Gasteiger partial charge in [0.1, 0.15) is 0 Å². The van der Waals surface area contributed by atoms with Crippen molar-refractivity contribution in [1.29, 1.82) is 0 Å². The maximum absolute atomic E-state index is 10.1. The fourth-order valence-corrected chi connectivity index (χ4v) is 1.08. The lowest BCUT2D eigenvalue weighted by atomic mass is 9.89. The van der Waals surface area contributed by atoms with Crippen molar-refractivity contribution in [3.05, 3.63) is 0 Å². The molecule has 1 aliphatic carbocycles. The number of ether oxygens (including phenoxy) is 1. The molecular formula is C6H11NO3. The van der Waals surface area contributed by atoms with Crippen LogP contribution < -0.4 is 5.32 Å². The molecule has 0 radical (unpaired) electrons. The average Bonchev–Trinajstić information content (AvgIpc) is 1.82. The third-order valence-electron chi connectivity index (χ3n) is 1.82. The molecule has 0 bridgehead atoms. The Labute approximate surface area is 59.2 Å². The number of hydrogen-bond donors (Lipinski definition) is 2. The van der Waals surface area contributed by atoms with E-state index >= 15 is 0 Å². The van der Waals surface area contributed by atoms with Gasteiger partial charge in [0.2, 0.25) is 0 Å². The smallest absolute Gasteiger partial charge is 0.404 e. The molecule has 1 rings (SSSR count). The summed E-state index contributed by atoms with van der Waals surface area (Å²) in [5.41, 5.74) is 0. The molecule has 2 N–H and O–H groups in total. The Morgan fingerprint density at radius 1 is 1.70 bits per heavy atom. The van der Waals surface area contributed by atoms with Crippen LogP contribution >= 0.6 is 0 Å². The fourth-order valence-electron chi connectivity index (χ4n) is 1.08. The molecule has 0 spiro atoms. The number of carboxylic acid groups (broad SMARTS) is 1. The second-order valence-corrected chi connectivity index (χ2v) is 2.41. The third kappa shape index (κ3) is 1.39. The molecule has 4 nitrogen and oxygen atoms in total. The Hall–Kier alpha value is -0.770. The van der Waals surface area contributed by atoms with Gasteiger partial charge < -0.3 is 15.2 Å². The molecule has 1 amide bonds. The van der Waals surface area contributed by atoms with Crippen LogP contribution in [0, 0.1) is 0 Å². The highest BCUT2D eigenvalue weighted by molar-refractivity contribution is 5.65. The van der Waals surface area contributed by atoms with E-state index in [2.05, 4.69) is 5.32 Å². The first-order chi connectivity index (χ1) is 4.74. The molecule has 1 fully saturated rings. The van der Waals surface area contributed by atoms with Gasteiger partial charge >= 0.3 is 6.09 Å².